The summed E-state index contributed by atoms with van der Waals surface area (Å²) in [6.07, 6.45) is 4.01. The summed E-state index contributed by atoms with van der Waals surface area (Å²) in [6, 6.07) is 8.23. The molecule has 0 spiro atoms. The lowest BCUT2D eigenvalue weighted by atomic mass is 10.1. The zero-order chi connectivity index (χ0) is 14.2. The SMILES string of the molecule is CCOC(=O)CC#Cc1cccc(N2CCCCC2)c1. The molecular formula is C17H21NO2. The Bertz CT molecular complexity index is 507. The summed E-state index contributed by atoms with van der Waals surface area (Å²) in [5, 5.41) is 0. The number of carbonyl (C=O) groups excluding carboxylic acids is 1. The summed E-state index contributed by atoms with van der Waals surface area (Å²) < 4.78 is 4.85. The van der Waals surface area contributed by atoms with Crippen LogP contribution in [0.3, 0.4) is 0 Å². The van der Waals surface area contributed by atoms with Crippen LogP contribution < -0.4 is 4.90 Å². The molecule has 0 N–H and O–H groups in total. The topological polar surface area (TPSA) is 29.5 Å². The highest BCUT2D eigenvalue weighted by molar-refractivity contribution is 5.72. The normalized spacial score (nSPS) is 14.3. The molecule has 0 bridgehead atoms. The smallest absolute Gasteiger partial charge is 0.317 e. The Morgan fingerprint density at radius 2 is 2.10 bits per heavy atom. The maximum atomic E-state index is 11.2. The molecule has 1 aromatic rings. The van der Waals surface area contributed by atoms with Crippen LogP contribution in [0.4, 0.5) is 5.69 Å². The lowest BCUT2D eigenvalue weighted by Crippen LogP contribution is -2.29. The van der Waals surface area contributed by atoms with Crippen molar-refractivity contribution in [3.63, 3.8) is 0 Å². The molecule has 2 rings (SSSR count). The van der Waals surface area contributed by atoms with E-state index in [2.05, 4.69) is 28.9 Å². The first kappa shape index (κ1) is 14.5. The standard InChI is InChI=1S/C17H21NO2/c1-2-20-17(19)11-7-9-15-8-6-10-16(14-15)18-12-4-3-5-13-18/h6,8,10,14H,2-5,11-13H2,1H3. The lowest BCUT2D eigenvalue weighted by Gasteiger charge is -2.28. The molecule has 0 aliphatic carbocycles. The molecule has 1 aliphatic rings. The van der Waals surface area contributed by atoms with Crippen molar-refractivity contribution in [1.29, 1.82) is 0 Å². The van der Waals surface area contributed by atoms with E-state index >= 15 is 0 Å². The number of hydrogen-bond donors (Lipinski definition) is 0. The molecule has 0 amide bonds. The van der Waals surface area contributed by atoms with Crippen molar-refractivity contribution in [3.8, 4) is 11.8 Å². The van der Waals surface area contributed by atoms with Crippen molar-refractivity contribution in [2.45, 2.75) is 32.6 Å². The van der Waals surface area contributed by atoms with Crippen LogP contribution in [-0.2, 0) is 9.53 Å². The number of nitrogens with zero attached hydrogens (tertiary/aromatic N) is 1. The van der Waals surface area contributed by atoms with E-state index in [0.29, 0.717) is 6.61 Å². The van der Waals surface area contributed by atoms with Gasteiger partial charge in [0, 0.05) is 24.3 Å². The van der Waals surface area contributed by atoms with Gasteiger partial charge in [0.15, 0.2) is 0 Å². The summed E-state index contributed by atoms with van der Waals surface area (Å²) >= 11 is 0. The highest BCUT2D eigenvalue weighted by Gasteiger charge is 2.10. The highest BCUT2D eigenvalue weighted by Crippen LogP contribution is 2.20. The average Bonchev–Trinajstić information content (AvgIpc) is 2.49. The molecule has 3 heteroatoms. The maximum Gasteiger partial charge on any atom is 0.317 e. The number of piperidine rings is 1. The fourth-order valence-electron chi connectivity index (χ4n) is 2.36. The minimum Gasteiger partial charge on any atom is -0.465 e. The number of carbonyl (C=O) groups is 1. The first-order valence-electron chi connectivity index (χ1n) is 7.29. The second-order valence-corrected chi connectivity index (χ2v) is 4.88. The summed E-state index contributed by atoms with van der Waals surface area (Å²) in [5.41, 5.74) is 2.19. The first-order chi connectivity index (χ1) is 9.79. The summed E-state index contributed by atoms with van der Waals surface area (Å²) in [6.45, 7) is 4.46. The molecule has 20 heavy (non-hydrogen) atoms. The number of ether oxygens (including phenoxy) is 1. The molecule has 1 fully saturated rings. The first-order valence-corrected chi connectivity index (χ1v) is 7.29. The second kappa shape index (κ2) is 7.59. The van der Waals surface area contributed by atoms with Crippen LogP contribution in [0.1, 0.15) is 38.2 Å². The van der Waals surface area contributed by atoms with Gasteiger partial charge in [-0.3, -0.25) is 4.79 Å². The molecule has 0 unspecified atom stereocenters. The molecule has 1 saturated heterocycles. The fourth-order valence-corrected chi connectivity index (χ4v) is 2.36. The quantitative estimate of drug-likeness (QED) is 0.625. The van der Waals surface area contributed by atoms with Gasteiger partial charge in [0.2, 0.25) is 0 Å². The number of anilines is 1. The Balaban J connectivity index is 1.99. The van der Waals surface area contributed by atoms with E-state index in [1.807, 2.05) is 12.1 Å². The van der Waals surface area contributed by atoms with Gasteiger partial charge >= 0.3 is 5.97 Å². The van der Waals surface area contributed by atoms with Crippen molar-refractivity contribution in [2.75, 3.05) is 24.6 Å². The average molecular weight is 271 g/mol. The molecule has 3 nitrogen and oxygen atoms in total. The number of esters is 1. The zero-order valence-corrected chi connectivity index (χ0v) is 12.0. The molecule has 1 heterocycles. The molecular weight excluding hydrogens is 250 g/mol. The van der Waals surface area contributed by atoms with Gasteiger partial charge in [-0.15, -0.1) is 0 Å². The summed E-state index contributed by atoms with van der Waals surface area (Å²) in [4.78, 5) is 13.6. The third-order valence-electron chi connectivity index (χ3n) is 3.34. The van der Waals surface area contributed by atoms with Gasteiger partial charge in [-0.1, -0.05) is 17.9 Å². The van der Waals surface area contributed by atoms with Crippen molar-refractivity contribution in [2.24, 2.45) is 0 Å². The third-order valence-corrected chi connectivity index (χ3v) is 3.34. The van der Waals surface area contributed by atoms with Crippen LogP contribution in [0.2, 0.25) is 0 Å². The van der Waals surface area contributed by atoms with E-state index in [0.717, 1.165) is 18.7 Å². The molecule has 0 atom stereocenters. The van der Waals surface area contributed by atoms with E-state index < -0.39 is 0 Å². The number of rotatable bonds is 3. The largest absolute Gasteiger partial charge is 0.465 e. The molecule has 1 aromatic carbocycles. The minimum absolute atomic E-state index is 0.155. The van der Waals surface area contributed by atoms with Crippen molar-refractivity contribution in [3.05, 3.63) is 29.8 Å². The summed E-state index contributed by atoms with van der Waals surface area (Å²) in [7, 11) is 0. The molecule has 106 valence electrons. The highest BCUT2D eigenvalue weighted by atomic mass is 16.5. The van der Waals surface area contributed by atoms with Gasteiger partial charge in [-0.25, -0.2) is 0 Å². The number of hydrogen-bond acceptors (Lipinski definition) is 3. The van der Waals surface area contributed by atoms with E-state index in [4.69, 9.17) is 4.74 Å². The predicted molar refractivity (Wildman–Crippen MR) is 80.6 cm³/mol. The molecule has 0 aromatic heterocycles. The summed E-state index contributed by atoms with van der Waals surface area (Å²) in [5.74, 6) is 5.65. The Labute approximate surface area is 120 Å². The second-order valence-electron chi connectivity index (χ2n) is 4.88. The monoisotopic (exact) mass is 271 g/mol. The Hall–Kier alpha value is -1.95. The zero-order valence-electron chi connectivity index (χ0n) is 12.0. The van der Waals surface area contributed by atoms with Crippen LogP contribution in [-0.4, -0.2) is 25.7 Å². The lowest BCUT2D eigenvalue weighted by molar-refractivity contribution is -0.141. The van der Waals surface area contributed by atoms with Gasteiger partial charge in [0.25, 0.3) is 0 Å². The molecule has 1 aliphatic heterocycles. The van der Waals surface area contributed by atoms with Gasteiger partial charge in [0.05, 0.1) is 6.61 Å². The molecule has 0 radical (unpaired) electrons. The third kappa shape index (κ3) is 4.31. The minimum atomic E-state index is -0.257. The van der Waals surface area contributed by atoms with E-state index in [1.165, 1.54) is 24.9 Å². The van der Waals surface area contributed by atoms with Crippen molar-refractivity contribution in [1.82, 2.24) is 0 Å². The van der Waals surface area contributed by atoms with Gasteiger partial charge in [-0.05, 0) is 44.4 Å². The van der Waals surface area contributed by atoms with Gasteiger partial charge < -0.3 is 9.64 Å². The van der Waals surface area contributed by atoms with Crippen LogP contribution in [0, 0.1) is 11.8 Å². The maximum absolute atomic E-state index is 11.2. The van der Waals surface area contributed by atoms with Crippen molar-refractivity contribution < 1.29 is 9.53 Å². The van der Waals surface area contributed by atoms with Gasteiger partial charge in [-0.2, -0.15) is 0 Å². The van der Waals surface area contributed by atoms with Crippen LogP contribution in [0.25, 0.3) is 0 Å². The fraction of sp³-hybridized carbons (Fsp3) is 0.471. The Morgan fingerprint density at radius 3 is 2.85 bits per heavy atom. The molecule has 0 saturated carbocycles. The van der Waals surface area contributed by atoms with E-state index in [9.17, 15) is 4.79 Å². The Morgan fingerprint density at radius 1 is 1.30 bits per heavy atom. The number of benzene rings is 1. The van der Waals surface area contributed by atoms with Crippen LogP contribution >= 0.6 is 0 Å². The Kier molecular flexibility index (Phi) is 5.49. The van der Waals surface area contributed by atoms with Gasteiger partial charge in [0.1, 0.15) is 6.42 Å². The van der Waals surface area contributed by atoms with Crippen LogP contribution in [0.15, 0.2) is 24.3 Å². The van der Waals surface area contributed by atoms with Crippen LogP contribution in [0.5, 0.6) is 0 Å². The predicted octanol–water partition coefficient (Wildman–Crippen LogP) is 2.98. The van der Waals surface area contributed by atoms with Crippen molar-refractivity contribution >= 4 is 11.7 Å². The van der Waals surface area contributed by atoms with E-state index in [1.54, 1.807) is 6.92 Å². The van der Waals surface area contributed by atoms with E-state index in [-0.39, 0.29) is 12.4 Å².